The number of aryl methyl sites for hydroxylation is 1. The maximum Gasteiger partial charge on any atom is 0.338 e. The van der Waals surface area contributed by atoms with Crippen molar-refractivity contribution in [2.75, 3.05) is 19.0 Å². The van der Waals surface area contributed by atoms with E-state index in [2.05, 4.69) is 28.2 Å². The first kappa shape index (κ1) is 25.2. The molecule has 2 aliphatic rings. The summed E-state index contributed by atoms with van der Waals surface area (Å²) in [5.74, 6) is 0.328. The van der Waals surface area contributed by atoms with Gasteiger partial charge in [0.15, 0.2) is 0 Å². The third-order valence-corrected chi connectivity index (χ3v) is 8.81. The fraction of sp³-hybridized carbons (Fsp3) is 0.290. The Morgan fingerprint density at radius 1 is 1.03 bits per heavy atom. The highest BCUT2D eigenvalue weighted by Crippen LogP contribution is 2.44. The van der Waals surface area contributed by atoms with Gasteiger partial charge in [0, 0.05) is 22.3 Å². The molecule has 200 valence electrons. The molecular formula is C31H31N3O4S. The normalized spacial score (nSPS) is 15.9. The molecule has 1 aliphatic heterocycles. The number of benzene rings is 2. The first-order valence-corrected chi connectivity index (χ1v) is 14.2. The second-order valence-electron chi connectivity index (χ2n) is 9.84. The van der Waals surface area contributed by atoms with Crippen molar-refractivity contribution < 1.29 is 19.1 Å². The third kappa shape index (κ3) is 4.69. The SMILES string of the molecule is CCOC(=O)c1cccc(NC(=O)N2Cc3c(sc4c3CCCC4)-n3cccc3[C@H]2c2cccc(OC)c2)c1. The molecule has 2 aromatic heterocycles. The number of nitrogens with zero attached hydrogens (tertiary/aromatic N) is 2. The molecule has 0 unspecified atom stereocenters. The van der Waals surface area contributed by atoms with Crippen LogP contribution in [0.25, 0.3) is 5.00 Å². The lowest BCUT2D eigenvalue weighted by Gasteiger charge is -2.31. The summed E-state index contributed by atoms with van der Waals surface area (Å²) in [6.07, 6.45) is 6.61. The Balaban J connectivity index is 1.44. The molecule has 3 heterocycles. The van der Waals surface area contributed by atoms with E-state index in [0.717, 1.165) is 29.8 Å². The zero-order valence-electron chi connectivity index (χ0n) is 22.1. The number of urea groups is 1. The van der Waals surface area contributed by atoms with E-state index in [1.165, 1.54) is 33.8 Å². The summed E-state index contributed by atoms with van der Waals surface area (Å²) in [4.78, 5) is 29.8. The summed E-state index contributed by atoms with van der Waals surface area (Å²) >= 11 is 1.86. The van der Waals surface area contributed by atoms with Crippen LogP contribution in [0.4, 0.5) is 10.5 Å². The number of rotatable bonds is 5. The predicted octanol–water partition coefficient (Wildman–Crippen LogP) is 6.74. The van der Waals surface area contributed by atoms with Crippen LogP contribution in [0, 0.1) is 0 Å². The molecule has 39 heavy (non-hydrogen) atoms. The van der Waals surface area contributed by atoms with Gasteiger partial charge >= 0.3 is 12.0 Å². The molecule has 6 rings (SSSR count). The number of thiophene rings is 1. The van der Waals surface area contributed by atoms with Gasteiger partial charge in [-0.1, -0.05) is 18.2 Å². The number of carbonyl (C=O) groups is 2. The van der Waals surface area contributed by atoms with Crippen molar-refractivity contribution in [2.45, 2.75) is 45.2 Å². The van der Waals surface area contributed by atoms with Crippen molar-refractivity contribution in [1.82, 2.24) is 9.47 Å². The van der Waals surface area contributed by atoms with Crippen LogP contribution >= 0.6 is 11.3 Å². The van der Waals surface area contributed by atoms with Gasteiger partial charge in [-0.25, -0.2) is 9.59 Å². The van der Waals surface area contributed by atoms with Crippen molar-refractivity contribution in [3.8, 4) is 10.8 Å². The minimum absolute atomic E-state index is 0.236. The number of hydrogen-bond acceptors (Lipinski definition) is 5. The number of nitrogens with one attached hydrogen (secondary N) is 1. The minimum atomic E-state index is -0.412. The van der Waals surface area contributed by atoms with E-state index < -0.39 is 5.97 Å². The summed E-state index contributed by atoms with van der Waals surface area (Å²) in [5.41, 5.74) is 5.56. The Hall–Kier alpha value is -4.04. The summed E-state index contributed by atoms with van der Waals surface area (Å²) in [5, 5.41) is 4.28. The Bertz CT molecular complexity index is 1540. The van der Waals surface area contributed by atoms with E-state index >= 15 is 0 Å². The Labute approximate surface area is 232 Å². The number of carbonyl (C=O) groups excluding carboxylic acids is 2. The summed E-state index contributed by atoms with van der Waals surface area (Å²) in [7, 11) is 1.65. The number of fused-ring (bicyclic) bond motifs is 5. The molecular weight excluding hydrogens is 510 g/mol. The number of esters is 1. The smallest absolute Gasteiger partial charge is 0.338 e. The molecule has 2 aromatic carbocycles. The van der Waals surface area contributed by atoms with Crippen molar-refractivity contribution in [2.24, 2.45) is 0 Å². The second kappa shape index (κ2) is 10.6. The fourth-order valence-corrected chi connectivity index (χ4v) is 7.09. The minimum Gasteiger partial charge on any atom is -0.497 e. The summed E-state index contributed by atoms with van der Waals surface area (Å²) in [6.45, 7) is 2.54. The molecule has 0 radical (unpaired) electrons. The van der Waals surface area contributed by atoms with Crippen molar-refractivity contribution in [3.05, 3.63) is 99.7 Å². The number of hydrogen-bond donors (Lipinski definition) is 1. The van der Waals surface area contributed by atoms with Crippen LogP contribution in [-0.2, 0) is 24.1 Å². The van der Waals surface area contributed by atoms with Gasteiger partial charge in [-0.2, -0.15) is 0 Å². The molecule has 0 bridgehead atoms. The number of methoxy groups -OCH3 is 1. The van der Waals surface area contributed by atoms with Crippen LogP contribution in [0.1, 0.15) is 63.4 Å². The Morgan fingerprint density at radius 2 is 1.87 bits per heavy atom. The van der Waals surface area contributed by atoms with Crippen molar-refractivity contribution in [1.29, 1.82) is 0 Å². The largest absolute Gasteiger partial charge is 0.497 e. The van der Waals surface area contributed by atoms with Crippen LogP contribution in [0.2, 0.25) is 0 Å². The third-order valence-electron chi connectivity index (χ3n) is 7.47. The molecule has 0 fully saturated rings. The van der Waals surface area contributed by atoms with Crippen LogP contribution < -0.4 is 10.1 Å². The van der Waals surface area contributed by atoms with Crippen LogP contribution in [0.3, 0.4) is 0 Å². The molecule has 1 atom stereocenters. The van der Waals surface area contributed by atoms with E-state index in [0.29, 0.717) is 24.4 Å². The van der Waals surface area contributed by atoms with E-state index in [-0.39, 0.29) is 12.1 Å². The lowest BCUT2D eigenvalue weighted by molar-refractivity contribution is 0.0526. The average molecular weight is 542 g/mol. The molecule has 0 saturated carbocycles. The van der Waals surface area contributed by atoms with E-state index in [1.807, 2.05) is 40.5 Å². The standard InChI is InChI=1S/C31H31N3O4S/c1-3-38-30(35)21-10-6-11-22(17-21)32-31(36)34-19-25-24-13-4-5-15-27(24)39-29(25)33-16-8-14-26(33)28(34)20-9-7-12-23(18-20)37-2/h6-12,14,16-18,28H,3-5,13,15,19H2,1-2H3,(H,32,36)/t28-/m1/s1. The highest BCUT2D eigenvalue weighted by molar-refractivity contribution is 7.15. The second-order valence-corrected chi connectivity index (χ2v) is 10.9. The maximum atomic E-state index is 14.2. The van der Waals surface area contributed by atoms with Crippen molar-refractivity contribution in [3.63, 3.8) is 0 Å². The highest BCUT2D eigenvalue weighted by atomic mass is 32.1. The molecule has 7 nitrogen and oxygen atoms in total. The zero-order valence-corrected chi connectivity index (χ0v) is 22.9. The fourth-order valence-electron chi connectivity index (χ4n) is 5.68. The maximum absolute atomic E-state index is 14.2. The first-order chi connectivity index (χ1) is 19.1. The molecule has 0 saturated heterocycles. The van der Waals surface area contributed by atoms with E-state index in [9.17, 15) is 9.59 Å². The average Bonchev–Trinajstić information content (AvgIpc) is 3.55. The van der Waals surface area contributed by atoms with Crippen LogP contribution in [-0.4, -0.2) is 35.2 Å². The molecule has 2 amide bonds. The Kier molecular flexibility index (Phi) is 6.87. The summed E-state index contributed by atoms with van der Waals surface area (Å²) < 4.78 is 13.0. The van der Waals surface area contributed by atoms with E-state index in [4.69, 9.17) is 9.47 Å². The highest BCUT2D eigenvalue weighted by Gasteiger charge is 2.36. The topological polar surface area (TPSA) is 72.8 Å². The van der Waals surface area contributed by atoms with Gasteiger partial charge in [-0.3, -0.25) is 0 Å². The quantitative estimate of drug-likeness (QED) is 0.284. The zero-order chi connectivity index (χ0) is 26.9. The van der Waals surface area contributed by atoms with Crippen LogP contribution in [0.15, 0.2) is 66.9 Å². The van der Waals surface area contributed by atoms with E-state index in [1.54, 1.807) is 38.3 Å². The molecule has 8 heteroatoms. The number of amides is 2. The number of anilines is 1. The molecule has 0 spiro atoms. The molecule has 1 aliphatic carbocycles. The summed E-state index contributed by atoms with van der Waals surface area (Å²) in [6, 6.07) is 18.4. The number of aromatic nitrogens is 1. The van der Waals surface area contributed by atoms with Gasteiger partial charge in [0.25, 0.3) is 0 Å². The number of ether oxygens (including phenoxy) is 2. The first-order valence-electron chi connectivity index (χ1n) is 13.4. The lowest BCUT2D eigenvalue weighted by Crippen LogP contribution is -2.38. The van der Waals surface area contributed by atoms with Gasteiger partial charge in [-0.05, 0) is 86.2 Å². The molecule has 4 aromatic rings. The van der Waals surface area contributed by atoms with Gasteiger partial charge in [-0.15, -0.1) is 11.3 Å². The predicted molar refractivity (Wildman–Crippen MR) is 152 cm³/mol. The van der Waals surface area contributed by atoms with Gasteiger partial charge < -0.3 is 24.3 Å². The van der Waals surface area contributed by atoms with Crippen LogP contribution in [0.5, 0.6) is 5.75 Å². The van der Waals surface area contributed by atoms with Gasteiger partial charge in [0.1, 0.15) is 10.8 Å². The Morgan fingerprint density at radius 3 is 2.72 bits per heavy atom. The van der Waals surface area contributed by atoms with Gasteiger partial charge in [0.05, 0.1) is 37.6 Å². The molecule has 1 N–H and O–H groups in total. The van der Waals surface area contributed by atoms with Gasteiger partial charge in [0.2, 0.25) is 0 Å². The lowest BCUT2D eigenvalue weighted by atomic mass is 9.95. The monoisotopic (exact) mass is 541 g/mol. The van der Waals surface area contributed by atoms with Crippen molar-refractivity contribution >= 4 is 29.0 Å².